The van der Waals surface area contributed by atoms with E-state index in [1.54, 1.807) is 12.1 Å². The summed E-state index contributed by atoms with van der Waals surface area (Å²) in [5.41, 5.74) is 0.458. The van der Waals surface area contributed by atoms with Crippen molar-refractivity contribution >= 4 is 17.5 Å². The van der Waals surface area contributed by atoms with Gasteiger partial charge >= 0.3 is 0 Å². The van der Waals surface area contributed by atoms with Crippen molar-refractivity contribution in [2.24, 2.45) is 5.92 Å². The van der Waals surface area contributed by atoms with Crippen LogP contribution in [0.3, 0.4) is 0 Å². The summed E-state index contributed by atoms with van der Waals surface area (Å²) >= 11 is 6.26. The highest BCUT2D eigenvalue weighted by molar-refractivity contribution is 6.31. The molecule has 6 heteroatoms. The predicted molar refractivity (Wildman–Crippen MR) is 86.9 cm³/mol. The number of halogens is 2. The third kappa shape index (κ3) is 4.03. The molecule has 0 spiro atoms. The Kier molecular flexibility index (Phi) is 5.19. The van der Waals surface area contributed by atoms with E-state index in [1.807, 2.05) is 6.92 Å². The summed E-state index contributed by atoms with van der Waals surface area (Å²) in [5.74, 6) is -0.138. The van der Waals surface area contributed by atoms with Crippen LogP contribution >= 0.6 is 11.6 Å². The number of morpholine rings is 1. The molecule has 3 rings (SSSR count). The first-order valence-electron chi connectivity index (χ1n) is 8.13. The van der Waals surface area contributed by atoms with Gasteiger partial charge in [0.05, 0.1) is 18.8 Å². The summed E-state index contributed by atoms with van der Waals surface area (Å²) < 4.78 is 20.0. The maximum atomic E-state index is 14.4. The normalized spacial score (nSPS) is 23.5. The minimum atomic E-state index is -0.331. The molecule has 1 aliphatic carbocycles. The monoisotopic (exact) mass is 340 g/mol. The zero-order chi connectivity index (χ0) is 16.4. The fourth-order valence-corrected chi connectivity index (χ4v) is 3.35. The zero-order valence-electron chi connectivity index (χ0n) is 13.2. The second-order valence-corrected chi connectivity index (χ2v) is 6.75. The van der Waals surface area contributed by atoms with Crippen molar-refractivity contribution in [2.45, 2.75) is 31.9 Å². The third-order valence-electron chi connectivity index (χ3n) is 4.46. The quantitative estimate of drug-likeness (QED) is 0.896. The standard InChI is InChI=1S/C17H22ClFN2O2/c1-11-10-21(7-8-23-11)15(9-20-17(22)12-5-6-12)16-13(18)3-2-4-14(16)19/h2-4,11-12,15H,5-10H2,1H3,(H,20,22)/t11-,15-/m1/s1. The van der Waals surface area contributed by atoms with Crippen LogP contribution < -0.4 is 5.32 Å². The van der Waals surface area contributed by atoms with Crippen LogP contribution in [0, 0.1) is 11.7 Å². The average molecular weight is 341 g/mol. The summed E-state index contributed by atoms with van der Waals surface area (Å²) in [4.78, 5) is 14.1. The lowest BCUT2D eigenvalue weighted by atomic mass is 10.0. The van der Waals surface area contributed by atoms with Crippen molar-refractivity contribution in [1.82, 2.24) is 10.2 Å². The molecule has 1 saturated carbocycles. The molecule has 1 aromatic rings. The summed E-state index contributed by atoms with van der Waals surface area (Å²) in [7, 11) is 0. The number of nitrogens with zero attached hydrogens (tertiary/aromatic N) is 1. The van der Waals surface area contributed by atoms with Gasteiger partial charge in [0, 0.05) is 36.1 Å². The number of benzene rings is 1. The van der Waals surface area contributed by atoms with Gasteiger partial charge in [-0.2, -0.15) is 0 Å². The lowest BCUT2D eigenvalue weighted by Gasteiger charge is -2.38. The molecule has 1 aliphatic heterocycles. The van der Waals surface area contributed by atoms with Gasteiger partial charge in [-0.3, -0.25) is 9.69 Å². The molecule has 126 valence electrons. The zero-order valence-corrected chi connectivity index (χ0v) is 14.0. The Morgan fingerprint density at radius 1 is 1.52 bits per heavy atom. The van der Waals surface area contributed by atoms with Crippen molar-refractivity contribution in [2.75, 3.05) is 26.2 Å². The van der Waals surface area contributed by atoms with Crippen LogP contribution in [0.1, 0.15) is 31.4 Å². The summed E-state index contributed by atoms with van der Waals surface area (Å²) in [5, 5.41) is 3.36. The Morgan fingerprint density at radius 3 is 2.96 bits per heavy atom. The molecule has 4 nitrogen and oxygen atoms in total. The molecule has 0 unspecified atom stereocenters. The first-order valence-corrected chi connectivity index (χ1v) is 8.51. The van der Waals surface area contributed by atoms with E-state index in [1.165, 1.54) is 6.07 Å². The number of hydrogen-bond acceptors (Lipinski definition) is 3. The number of ether oxygens (including phenoxy) is 1. The molecule has 0 aromatic heterocycles. The average Bonchev–Trinajstić information content (AvgIpc) is 3.34. The molecule has 1 aromatic carbocycles. The van der Waals surface area contributed by atoms with E-state index < -0.39 is 0 Å². The summed E-state index contributed by atoms with van der Waals surface area (Å²) in [6.07, 6.45) is 1.98. The molecule has 1 N–H and O–H groups in total. The van der Waals surface area contributed by atoms with E-state index >= 15 is 0 Å². The van der Waals surface area contributed by atoms with Crippen molar-refractivity contribution in [3.63, 3.8) is 0 Å². The molecule has 23 heavy (non-hydrogen) atoms. The molecule has 0 bridgehead atoms. The number of nitrogens with one attached hydrogen (secondary N) is 1. The minimum absolute atomic E-state index is 0.0590. The van der Waals surface area contributed by atoms with Gasteiger partial charge < -0.3 is 10.1 Å². The first-order chi connectivity index (χ1) is 11.1. The summed E-state index contributed by atoms with van der Waals surface area (Å²) in [6, 6.07) is 4.43. The Hall–Kier alpha value is -1.17. The molecule has 2 aliphatic rings. The highest BCUT2D eigenvalue weighted by Crippen LogP contribution is 2.32. The molecule has 1 amide bonds. The minimum Gasteiger partial charge on any atom is -0.376 e. The highest BCUT2D eigenvalue weighted by atomic mass is 35.5. The van der Waals surface area contributed by atoms with E-state index in [4.69, 9.17) is 16.3 Å². The number of carbonyl (C=O) groups excluding carboxylic acids is 1. The van der Waals surface area contributed by atoms with Crippen molar-refractivity contribution in [3.8, 4) is 0 Å². The fraction of sp³-hybridized carbons (Fsp3) is 0.588. The number of carbonyl (C=O) groups is 1. The van der Waals surface area contributed by atoms with Crippen LogP contribution in [0.4, 0.5) is 4.39 Å². The number of hydrogen-bond donors (Lipinski definition) is 1. The van der Waals surface area contributed by atoms with Crippen LogP contribution in [0.2, 0.25) is 5.02 Å². The smallest absolute Gasteiger partial charge is 0.223 e. The molecule has 1 saturated heterocycles. The summed E-state index contributed by atoms with van der Waals surface area (Å²) in [6.45, 7) is 4.34. The fourth-order valence-electron chi connectivity index (χ4n) is 3.06. The van der Waals surface area contributed by atoms with Crippen LogP contribution in [-0.2, 0) is 9.53 Å². The maximum absolute atomic E-state index is 14.4. The Bertz CT molecular complexity index is 559. The van der Waals surface area contributed by atoms with Gasteiger partial charge in [0.25, 0.3) is 0 Å². The van der Waals surface area contributed by atoms with Gasteiger partial charge in [0.15, 0.2) is 0 Å². The van der Waals surface area contributed by atoms with Gasteiger partial charge in [0.2, 0.25) is 5.91 Å². The Morgan fingerprint density at radius 2 is 2.30 bits per heavy atom. The van der Waals surface area contributed by atoms with E-state index in [0.717, 1.165) is 12.8 Å². The molecule has 1 heterocycles. The van der Waals surface area contributed by atoms with Gasteiger partial charge in [-0.25, -0.2) is 4.39 Å². The maximum Gasteiger partial charge on any atom is 0.223 e. The van der Waals surface area contributed by atoms with E-state index in [9.17, 15) is 9.18 Å². The van der Waals surface area contributed by atoms with Gasteiger partial charge in [-0.15, -0.1) is 0 Å². The van der Waals surface area contributed by atoms with Crippen LogP contribution in [-0.4, -0.2) is 43.2 Å². The second kappa shape index (κ2) is 7.16. The molecule has 2 atom stereocenters. The topological polar surface area (TPSA) is 41.6 Å². The van der Waals surface area contributed by atoms with E-state index in [0.29, 0.717) is 36.8 Å². The lowest BCUT2D eigenvalue weighted by molar-refractivity contribution is -0.122. The molecule has 0 radical (unpaired) electrons. The number of rotatable bonds is 5. The van der Waals surface area contributed by atoms with Crippen LogP contribution in [0.5, 0.6) is 0 Å². The van der Waals surface area contributed by atoms with Crippen LogP contribution in [0.25, 0.3) is 0 Å². The van der Waals surface area contributed by atoms with Gasteiger partial charge in [0.1, 0.15) is 5.82 Å². The Balaban J connectivity index is 1.81. The van der Waals surface area contributed by atoms with Gasteiger partial charge in [-0.1, -0.05) is 17.7 Å². The van der Waals surface area contributed by atoms with Crippen molar-refractivity contribution < 1.29 is 13.9 Å². The first kappa shape index (κ1) is 16.7. The second-order valence-electron chi connectivity index (χ2n) is 6.35. The van der Waals surface area contributed by atoms with E-state index in [-0.39, 0.29) is 29.8 Å². The Labute approximate surface area is 140 Å². The van der Waals surface area contributed by atoms with Crippen molar-refractivity contribution in [3.05, 3.63) is 34.6 Å². The van der Waals surface area contributed by atoms with E-state index in [2.05, 4.69) is 10.2 Å². The third-order valence-corrected chi connectivity index (χ3v) is 4.79. The molecular formula is C17H22ClFN2O2. The highest BCUT2D eigenvalue weighted by Gasteiger charge is 2.33. The lowest BCUT2D eigenvalue weighted by Crippen LogP contribution is -2.47. The SMILES string of the molecule is C[C@@H]1CN([C@H](CNC(=O)C2CC2)c2c(F)cccc2Cl)CCO1. The number of amides is 1. The predicted octanol–water partition coefficient (Wildman–Crippen LogP) is 2.77. The van der Waals surface area contributed by atoms with Crippen molar-refractivity contribution in [1.29, 1.82) is 0 Å². The van der Waals surface area contributed by atoms with Gasteiger partial charge in [-0.05, 0) is 31.9 Å². The van der Waals surface area contributed by atoms with Crippen LogP contribution in [0.15, 0.2) is 18.2 Å². The molecular weight excluding hydrogens is 319 g/mol. The largest absolute Gasteiger partial charge is 0.376 e. The molecule has 2 fully saturated rings.